The molecule has 3 atom stereocenters. The van der Waals surface area contributed by atoms with Crippen LogP contribution in [0.25, 0.3) is 0 Å². The normalized spacial score (nSPS) is 21.0. The van der Waals surface area contributed by atoms with E-state index in [0.29, 0.717) is 29.1 Å². The molecular formula is C37H41F6N3O7S. The van der Waals surface area contributed by atoms with Crippen LogP contribution >= 0.6 is 11.3 Å². The number of para-hydroxylation sites is 1. The first kappa shape index (κ1) is 40.8. The lowest BCUT2D eigenvalue weighted by Crippen LogP contribution is -2.68. The van der Waals surface area contributed by atoms with E-state index in [0.717, 1.165) is 34.7 Å². The number of carboxylic acid groups (broad SMARTS) is 1. The zero-order chi connectivity index (χ0) is 39.5. The van der Waals surface area contributed by atoms with E-state index in [1.165, 1.54) is 4.90 Å². The number of aromatic nitrogens is 1. The average molecular weight is 786 g/mol. The number of aliphatic hydroxyl groups is 1. The predicted molar refractivity (Wildman–Crippen MR) is 184 cm³/mol. The molecule has 2 saturated heterocycles. The van der Waals surface area contributed by atoms with Crippen molar-refractivity contribution in [3.05, 3.63) is 75.7 Å². The molecule has 2 aliphatic heterocycles. The van der Waals surface area contributed by atoms with E-state index in [9.17, 15) is 45.8 Å². The molecule has 2 fully saturated rings. The Bertz CT molecular complexity index is 1810. The Morgan fingerprint density at radius 1 is 1.02 bits per heavy atom. The molecule has 1 aromatic carbocycles. The third kappa shape index (κ3) is 8.77. The second-order valence-corrected chi connectivity index (χ2v) is 14.7. The van der Waals surface area contributed by atoms with Crippen LogP contribution in [0, 0.1) is 5.92 Å². The number of piperidine rings is 2. The number of carbonyl (C=O) groups is 3. The summed E-state index contributed by atoms with van der Waals surface area (Å²) in [5, 5.41) is 22.1. The van der Waals surface area contributed by atoms with Crippen molar-refractivity contribution in [1.29, 1.82) is 0 Å². The second-order valence-electron chi connectivity index (χ2n) is 13.8. The van der Waals surface area contributed by atoms with Crippen molar-refractivity contribution in [2.24, 2.45) is 5.92 Å². The van der Waals surface area contributed by atoms with Crippen molar-refractivity contribution in [3.8, 4) is 11.5 Å². The quantitative estimate of drug-likeness (QED) is 0.182. The van der Waals surface area contributed by atoms with Crippen molar-refractivity contribution in [2.45, 2.75) is 88.4 Å². The SMILES string of the molecule is CCC[C@H]1N(C(=O)c2ncccc2C(F)(F)F)CCC[C@@]1(Oc1csc(C(F)(F)F)c1)C(=O)N1CCC(O)(c2ccccc2OCC(C)CC(=O)O)CC1. The second kappa shape index (κ2) is 16.2. The van der Waals surface area contributed by atoms with Crippen LogP contribution in [0.5, 0.6) is 11.5 Å². The third-order valence-electron chi connectivity index (χ3n) is 9.83. The molecule has 10 nitrogen and oxygen atoms in total. The molecule has 0 saturated carbocycles. The molecule has 2 N–H and O–H groups in total. The van der Waals surface area contributed by atoms with E-state index >= 15 is 0 Å². The summed E-state index contributed by atoms with van der Waals surface area (Å²) in [6.45, 7) is 3.36. The van der Waals surface area contributed by atoms with E-state index in [1.807, 2.05) is 0 Å². The minimum Gasteiger partial charge on any atom is -0.493 e. The molecule has 0 radical (unpaired) electrons. The Balaban J connectivity index is 1.48. The van der Waals surface area contributed by atoms with Gasteiger partial charge in [-0.2, -0.15) is 26.3 Å². The minimum atomic E-state index is -4.92. The standard InChI is InChI=1S/C37H41F6N3O7S/c1-3-8-28-35(53-24-20-29(54-22-24)37(41,42)43,12-7-16-46(28)32(49)31-26(36(38,39)40)10-6-15-44-31)33(50)45-17-13-34(51,14-18-45)25-9-4-5-11-27(25)52-21-23(2)19-30(47)48/h4-6,9-11,15,20,22-23,28,51H,3,7-8,12-14,16-19,21H2,1-2H3,(H,47,48)/t23?,28-,35+/m1/s1. The number of pyridine rings is 1. The molecule has 4 heterocycles. The summed E-state index contributed by atoms with van der Waals surface area (Å²) in [4.78, 5) is 45.3. The van der Waals surface area contributed by atoms with Crippen LogP contribution in [0.3, 0.4) is 0 Å². The van der Waals surface area contributed by atoms with Crippen molar-refractivity contribution in [1.82, 2.24) is 14.8 Å². The Kier molecular flexibility index (Phi) is 12.2. The lowest BCUT2D eigenvalue weighted by atomic mass is 9.78. The number of thiophene rings is 1. The first-order valence-corrected chi connectivity index (χ1v) is 18.4. The number of halogens is 6. The number of benzene rings is 1. The lowest BCUT2D eigenvalue weighted by Gasteiger charge is -2.51. The fourth-order valence-corrected chi connectivity index (χ4v) is 7.94. The lowest BCUT2D eigenvalue weighted by molar-refractivity contribution is -0.163. The number of rotatable bonds is 12. The number of likely N-dealkylation sites (tertiary alicyclic amines) is 2. The number of aliphatic carboxylic acids is 1. The number of nitrogens with zero attached hydrogens (tertiary/aromatic N) is 3. The predicted octanol–water partition coefficient (Wildman–Crippen LogP) is 7.40. The van der Waals surface area contributed by atoms with Gasteiger partial charge in [-0.05, 0) is 43.9 Å². The topological polar surface area (TPSA) is 130 Å². The number of hydrogen-bond donors (Lipinski definition) is 2. The molecule has 294 valence electrons. The van der Waals surface area contributed by atoms with Crippen molar-refractivity contribution in [3.63, 3.8) is 0 Å². The van der Waals surface area contributed by atoms with E-state index < -0.39 is 63.5 Å². The number of alkyl halides is 6. The van der Waals surface area contributed by atoms with Gasteiger partial charge in [0.25, 0.3) is 11.8 Å². The summed E-state index contributed by atoms with van der Waals surface area (Å²) < 4.78 is 95.3. The van der Waals surface area contributed by atoms with Crippen LogP contribution < -0.4 is 9.47 Å². The maximum Gasteiger partial charge on any atom is 0.425 e. The molecular weight excluding hydrogens is 744 g/mol. The zero-order valence-electron chi connectivity index (χ0n) is 29.6. The Labute approximate surface area is 311 Å². The minimum absolute atomic E-state index is 0.000509. The molecule has 0 bridgehead atoms. The van der Waals surface area contributed by atoms with Crippen molar-refractivity contribution in [2.75, 3.05) is 26.2 Å². The van der Waals surface area contributed by atoms with Gasteiger partial charge in [-0.1, -0.05) is 38.5 Å². The molecule has 0 spiro atoms. The average Bonchev–Trinajstić information content (AvgIpc) is 3.60. The highest BCUT2D eigenvalue weighted by Gasteiger charge is 2.57. The monoisotopic (exact) mass is 785 g/mol. The highest BCUT2D eigenvalue weighted by molar-refractivity contribution is 7.10. The van der Waals surface area contributed by atoms with Crippen molar-refractivity contribution >= 4 is 29.1 Å². The zero-order valence-corrected chi connectivity index (χ0v) is 30.4. The summed E-state index contributed by atoms with van der Waals surface area (Å²) in [6.07, 6.45) is -8.29. The largest absolute Gasteiger partial charge is 0.493 e. The van der Waals surface area contributed by atoms with Crippen LogP contribution in [-0.2, 0) is 27.5 Å². The molecule has 5 rings (SSSR count). The molecule has 1 unspecified atom stereocenters. The van der Waals surface area contributed by atoms with Gasteiger partial charge >= 0.3 is 18.3 Å². The van der Waals surface area contributed by atoms with Gasteiger partial charge in [-0.3, -0.25) is 19.4 Å². The molecule has 2 aliphatic rings. The highest BCUT2D eigenvalue weighted by atomic mass is 32.1. The van der Waals surface area contributed by atoms with Gasteiger partial charge in [0.05, 0.1) is 30.2 Å². The molecule has 54 heavy (non-hydrogen) atoms. The van der Waals surface area contributed by atoms with E-state index in [4.69, 9.17) is 14.6 Å². The van der Waals surface area contributed by atoms with Crippen LogP contribution in [-0.4, -0.2) is 80.7 Å². The van der Waals surface area contributed by atoms with Crippen LogP contribution in [0.4, 0.5) is 26.3 Å². The molecule has 2 aromatic heterocycles. The number of amides is 2. The molecule has 0 aliphatic carbocycles. The third-order valence-corrected chi connectivity index (χ3v) is 10.8. The van der Waals surface area contributed by atoms with E-state index in [1.54, 1.807) is 38.1 Å². The Morgan fingerprint density at radius 2 is 1.72 bits per heavy atom. The smallest absolute Gasteiger partial charge is 0.425 e. The first-order valence-electron chi connectivity index (χ1n) is 17.5. The summed E-state index contributed by atoms with van der Waals surface area (Å²) in [5.74, 6) is -3.01. The van der Waals surface area contributed by atoms with Gasteiger partial charge in [0.2, 0.25) is 5.60 Å². The molecule has 3 aromatic rings. The van der Waals surface area contributed by atoms with Crippen LogP contribution in [0.2, 0.25) is 0 Å². The number of carbonyl (C=O) groups excluding carboxylic acids is 2. The van der Waals surface area contributed by atoms with Gasteiger partial charge in [0, 0.05) is 55.2 Å². The van der Waals surface area contributed by atoms with E-state index in [2.05, 4.69) is 4.98 Å². The fourth-order valence-electron chi connectivity index (χ4n) is 7.26. The van der Waals surface area contributed by atoms with Gasteiger partial charge in [-0.25, -0.2) is 0 Å². The maximum absolute atomic E-state index is 14.9. The first-order chi connectivity index (χ1) is 25.4. The fraction of sp³-hybridized carbons (Fsp3) is 0.514. The van der Waals surface area contributed by atoms with Crippen LogP contribution in [0.1, 0.15) is 85.3 Å². The van der Waals surface area contributed by atoms with Gasteiger partial charge in [0.1, 0.15) is 22.1 Å². The number of hydrogen-bond acceptors (Lipinski definition) is 8. The number of ether oxygens (including phenoxy) is 2. The molecule has 17 heteroatoms. The highest BCUT2D eigenvalue weighted by Crippen LogP contribution is 2.44. The Morgan fingerprint density at radius 3 is 2.35 bits per heavy atom. The summed E-state index contributed by atoms with van der Waals surface area (Å²) in [5.41, 5.74) is -5.20. The summed E-state index contributed by atoms with van der Waals surface area (Å²) in [7, 11) is 0. The summed E-state index contributed by atoms with van der Waals surface area (Å²) >= 11 is 0.357. The van der Waals surface area contributed by atoms with Gasteiger partial charge < -0.3 is 29.5 Å². The Hall–Kier alpha value is -4.38. The maximum atomic E-state index is 14.9. The number of carboxylic acids is 1. The van der Waals surface area contributed by atoms with E-state index in [-0.39, 0.29) is 76.4 Å². The summed E-state index contributed by atoms with van der Waals surface area (Å²) in [6, 6.07) is 8.05. The van der Waals surface area contributed by atoms with Crippen LogP contribution in [0.15, 0.2) is 54.0 Å². The van der Waals surface area contributed by atoms with Crippen molar-refractivity contribution < 1.29 is 60.4 Å². The van der Waals surface area contributed by atoms with Gasteiger partial charge in [-0.15, -0.1) is 11.3 Å². The van der Waals surface area contributed by atoms with Gasteiger partial charge in [0.15, 0.2) is 0 Å². The molecule has 2 amide bonds.